The second kappa shape index (κ2) is 44.8. The quantitative estimate of drug-likeness (QED) is 0.0266. The number of esters is 3. The Hall–Kier alpha value is -2.89. The molecule has 0 aromatic carbocycles. The van der Waals surface area contributed by atoms with Gasteiger partial charge in [0.15, 0.2) is 6.10 Å². The first-order chi connectivity index (χ1) is 27.5. The molecule has 0 unspecified atom stereocenters. The highest BCUT2D eigenvalue weighted by Crippen LogP contribution is 2.13. The first-order valence-electron chi connectivity index (χ1n) is 23.3. The molecule has 0 fully saturated rings. The summed E-state index contributed by atoms with van der Waals surface area (Å²) in [4.78, 5) is 37.7. The van der Waals surface area contributed by atoms with Gasteiger partial charge in [0.2, 0.25) is 0 Å². The van der Waals surface area contributed by atoms with Gasteiger partial charge in [-0.3, -0.25) is 14.4 Å². The number of allylic oxidation sites excluding steroid dienone is 10. The maximum Gasteiger partial charge on any atom is 0.306 e. The van der Waals surface area contributed by atoms with Crippen LogP contribution in [0, 0.1) is 0 Å². The van der Waals surface area contributed by atoms with Crippen LogP contribution in [-0.4, -0.2) is 37.2 Å². The van der Waals surface area contributed by atoms with E-state index in [1.165, 1.54) is 83.5 Å². The van der Waals surface area contributed by atoms with Crippen molar-refractivity contribution in [3.05, 3.63) is 60.8 Å². The zero-order valence-electron chi connectivity index (χ0n) is 36.6. The lowest BCUT2D eigenvalue weighted by molar-refractivity contribution is -0.167. The minimum absolute atomic E-state index is 0.0899. The molecule has 0 N–H and O–H groups in total. The Kier molecular flexibility index (Phi) is 42.5. The van der Waals surface area contributed by atoms with Crippen LogP contribution in [0.1, 0.15) is 220 Å². The summed E-state index contributed by atoms with van der Waals surface area (Å²) in [5, 5.41) is 0. The van der Waals surface area contributed by atoms with Crippen LogP contribution < -0.4 is 0 Å². The van der Waals surface area contributed by atoms with Crippen molar-refractivity contribution < 1.29 is 28.6 Å². The molecule has 0 saturated carbocycles. The summed E-state index contributed by atoms with van der Waals surface area (Å²) in [7, 11) is 0. The highest BCUT2D eigenvalue weighted by atomic mass is 16.6. The van der Waals surface area contributed by atoms with E-state index in [1.807, 2.05) is 0 Å². The molecule has 0 saturated heterocycles. The third kappa shape index (κ3) is 42.3. The Morgan fingerprint density at radius 3 is 1.14 bits per heavy atom. The van der Waals surface area contributed by atoms with Crippen molar-refractivity contribution in [3.63, 3.8) is 0 Å². The van der Waals surface area contributed by atoms with Crippen LogP contribution in [0.15, 0.2) is 60.8 Å². The van der Waals surface area contributed by atoms with Gasteiger partial charge in [-0.1, -0.05) is 178 Å². The molecule has 6 nitrogen and oxygen atoms in total. The second-order valence-corrected chi connectivity index (χ2v) is 15.3. The van der Waals surface area contributed by atoms with Crippen molar-refractivity contribution in [1.82, 2.24) is 0 Å². The molecule has 0 aliphatic heterocycles. The van der Waals surface area contributed by atoms with Crippen LogP contribution in [0.3, 0.4) is 0 Å². The summed E-state index contributed by atoms with van der Waals surface area (Å²) in [5.41, 5.74) is 0. The van der Waals surface area contributed by atoms with E-state index in [0.29, 0.717) is 19.3 Å². The number of carbonyl (C=O) groups excluding carboxylic acids is 3. The molecule has 0 aromatic rings. The van der Waals surface area contributed by atoms with Crippen molar-refractivity contribution in [2.24, 2.45) is 0 Å². The fourth-order valence-corrected chi connectivity index (χ4v) is 6.25. The molecule has 0 spiro atoms. The first kappa shape index (κ1) is 53.1. The maximum absolute atomic E-state index is 12.7. The van der Waals surface area contributed by atoms with Gasteiger partial charge in [-0.25, -0.2) is 0 Å². The molecule has 0 amide bonds. The Labute approximate surface area is 345 Å². The zero-order chi connectivity index (χ0) is 40.8. The summed E-state index contributed by atoms with van der Waals surface area (Å²) in [6, 6.07) is 0. The fourth-order valence-electron chi connectivity index (χ4n) is 6.25. The summed E-state index contributed by atoms with van der Waals surface area (Å²) < 4.78 is 16.7. The second-order valence-electron chi connectivity index (χ2n) is 15.3. The topological polar surface area (TPSA) is 78.9 Å². The summed E-state index contributed by atoms with van der Waals surface area (Å²) in [6.45, 7) is 6.44. The fraction of sp³-hybridized carbons (Fsp3) is 0.740. The first-order valence-corrected chi connectivity index (χ1v) is 23.3. The van der Waals surface area contributed by atoms with Crippen LogP contribution in [0.2, 0.25) is 0 Å². The van der Waals surface area contributed by atoms with Gasteiger partial charge in [-0.15, -0.1) is 0 Å². The third-order valence-electron chi connectivity index (χ3n) is 9.76. The Balaban J connectivity index is 4.44. The highest BCUT2D eigenvalue weighted by Gasteiger charge is 2.19. The summed E-state index contributed by atoms with van der Waals surface area (Å²) >= 11 is 0. The highest BCUT2D eigenvalue weighted by molar-refractivity contribution is 5.71. The number of carbonyl (C=O) groups is 3. The van der Waals surface area contributed by atoms with Crippen molar-refractivity contribution >= 4 is 17.9 Å². The normalized spacial score (nSPS) is 12.6. The van der Waals surface area contributed by atoms with Crippen LogP contribution in [0.5, 0.6) is 0 Å². The molecule has 0 heterocycles. The molecule has 0 radical (unpaired) electrons. The van der Waals surface area contributed by atoms with Crippen LogP contribution >= 0.6 is 0 Å². The number of ether oxygens (including phenoxy) is 3. The lowest BCUT2D eigenvalue weighted by atomic mass is 10.1. The molecule has 0 aromatic heterocycles. The monoisotopic (exact) mass is 783 g/mol. The van der Waals surface area contributed by atoms with Gasteiger partial charge in [0.1, 0.15) is 13.2 Å². The standard InChI is InChI=1S/C50H86O6/c1-4-7-10-13-16-19-21-23-25-27-28-31-34-37-40-43-49(52)55-46-47(45-54-48(51)42-39-36-33-30-18-15-12-9-6-3)56-50(53)44-41-38-35-32-29-26-24-22-20-17-14-11-8-5-2/h7,10,16,19,22-25,28,31,47H,4-6,8-9,11-15,17-18,20-21,26-27,29-30,32-46H2,1-3H3/b10-7-,19-16-,24-22-,25-23-,31-28-/t47-/m1/s1. The van der Waals surface area contributed by atoms with Crippen LogP contribution in [-0.2, 0) is 28.6 Å². The van der Waals surface area contributed by atoms with E-state index in [2.05, 4.69) is 81.5 Å². The van der Waals surface area contributed by atoms with Gasteiger partial charge >= 0.3 is 17.9 Å². The van der Waals surface area contributed by atoms with E-state index in [0.717, 1.165) is 96.3 Å². The number of hydrogen-bond acceptors (Lipinski definition) is 6. The molecule has 6 heteroatoms. The lowest BCUT2D eigenvalue weighted by Crippen LogP contribution is -2.30. The molecular weight excluding hydrogens is 697 g/mol. The Bertz CT molecular complexity index is 1040. The zero-order valence-corrected chi connectivity index (χ0v) is 36.6. The molecule has 0 rings (SSSR count). The molecular formula is C50H86O6. The van der Waals surface area contributed by atoms with Gasteiger partial charge in [0, 0.05) is 19.3 Å². The third-order valence-corrected chi connectivity index (χ3v) is 9.76. The average Bonchev–Trinajstić information content (AvgIpc) is 3.19. The minimum Gasteiger partial charge on any atom is -0.462 e. The summed E-state index contributed by atoms with van der Waals surface area (Å²) in [5.74, 6) is -0.946. The summed E-state index contributed by atoms with van der Waals surface area (Å²) in [6.07, 6.45) is 53.5. The van der Waals surface area contributed by atoms with Crippen molar-refractivity contribution in [2.75, 3.05) is 13.2 Å². The predicted octanol–water partition coefficient (Wildman–Crippen LogP) is 14.9. The number of unbranched alkanes of at least 4 members (excludes halogenated alkanes) is 20. The van der Waals surface area contributed by atoms with Gasteiger partial charge in [0.05, 0.1) is 0 Å². The molecule has 0 aliphatic carbocycles. The number of hydrogen-bond donors (Lipinski definition) is 0. The molecule has 0 aliphatic rings. The van der Waals surface area contributed by atoms with E-state index >= 15 is 0 Å². The van der Waals surface area contributed by atoms with E-state index < -0.39 is 6.10 Å². The van der Waals surface area contributed by atoms with E-state index in [-0.39, 0.29) is 31.1 Å². The van der Waals surface area contributed by atoms with Crippen molar-refractivity contribution in [1.29, 1.82) is 0 Å². The Morgan fingerprint density at radius 2 is 0.696 bits per heavy atom. The van der Waals surface area contributed by atoms with Gasteiger partial charge in [-0.2, -0.15) is 0 Å². The molecule has 322 valence electrons. The minimum atomic E-state index is -0.790. The van der Waals surface area contributed by atoms with E-state index in [1.54, 1.807) is 0 Å². The van der Waals surface area contributed by atoms with E-state index in [4.69, 9.17) is 14.2 Å². The largest absolute Gasteiger partial charge is 0.462 e. The van der Waals surface area contributed by atoms with Crippen molar-refractivity contribution in [2.45, 2.75) is 226 Å². The molecule has 1 atom stereocenters. The smallest absolute Gasteiger partial charge is 0.306 e. The predicted molar refractivity (Wildman–Crippen MR) is 238 cm³/mol. The van der Waals surface area contributed by atoms with Crippen LogP contribution in [0.4, 0.5) is 0 Å². The van der Waals surface area contributed by atoms with Gasteiger partial charge < -0.3 is 14.2 Å². The van der Waals surface area contributed by atoms with Crippen LogP contribution in [0.25, 0.3) is 0 Å². The molecule has 0 bridgehead atoms. The average molecular weight is 783 g/mol. The molecule has 56 heavy (non-hydrogen) atoms. The van der Waals surface area contributed by atoms with Gasteiger partial charge in [0.25, 0.3) is 0 Å². The lowest BCUT2D eigenvalue weighted by Gasteiger charge is -2.18. The maximum atomic E-state index is 12.7. The van der Waals surface area contributed by atoms with Gasteiger partial charge in [-0.05, 0) is 83.5 Å². The Morgan fingerprint density at radius 1 is 0.375 bits per heavy atom. The van der Waals surface area contributed by atoms with Crippen molar-refractivity contribution in [3.8, 4) is 0 Å². The van der Waals surface area contributed by atoms with E-state index in [9.17, 15) is 14.4 Å². The SMILES string of the molecule is CC/C=C\C/C=C\C/C=C\C/C=C\CCCCC(=O)OC[C@@H](COC(=O)CCCCCCCCCCC)OC(=O)CCCCCCC/C=C\CCCCCCC. The number of rotatable bonds is 41.